The summed E-state index contributed by atoms with van der Waals surface area (Å²) in [5.41, 5.74) is 0.984. The van der Waals surface area contributed by atoms with Gasteiger partial charge in [0.05, 0.1) is 26.5 Å². The first kappa shape index (κ1) is 17.8. The maximum absolute atomic E-state index is 12.9. The van der Waals surface area contributed by atoms with Gasteiger partial charge in [0.25, 0.3) is 0 Å². The van der Waals surface area contributed by atoms with Gasteiger partial charge in [-0.05, 0) is 11.6 Å². The quantitative estimate of drug-likeness (QED) is 0.724. The number of aromatic nitrogens is 2. The van der Waals surface area contributed by atoms with Gasteiger partial charge in [0, 0.05) is 24.9 Å². The van der Waals surface area contributed by atoms with Gasteiger partial charge in [-0.1, -0.05) is 23.2 Å². The van der Waals surface area contributed by atoms with Gasteiger partial charge in [0.1, 0.15) is 27.4 Å². The van der Waals surface area contributed by atoms with Gasteiger partial charge in [0.2, 0.25) is 5.28 Å². The summed E-state index contributed by atoms with van der Waals surface area (Å²) >= 11 is 18.6. The van der Waals surface area contributed by atoms with E-state index in [9.17, 15) is 4.79 Å². The van der Waals surface area contributed by atoms with Gasteiger partial charge in [-0.3, -0.25) is 9.80 Å². The Morgan fingerprint density at radius 3 is 2.28 bits per heavy atom. The molecule has 0 atom stereocenters. The van der Waals surface area contributed by atoms with E-state index in [1.807, 2.05) is 0 Å². The number of amides is 2. The summed E-state index contributed by atoms with van der Waals surface area (Å²) in [5.74, 6) is 1.11. The Kier molecular flexibility index (Phi) is 4.81. The number of ether oxygens (including phenoxy) is 2. The zero-order valence-corrected chi connectivity index (χ0v) is 15.8. The van der Waals surface area contributed by atoms with Crippen LogP contribution < -0.4 is 19.3 Å². The average Bonchev–Trinajstić information content (AvgIpc) is 2.60. The number of benzene rings is 1. The molecule has 2 aromatic rings. The standard InChI is InChI=1S/C15H13Cl3N4O3/c1-21-13-7(5-19-14(18)20-13)6-22(15(21)23)12-10(16)8(24-2)4-9(25-3)11(12)17/h4-5H,6H2,1-3H3. The zero-order valence-electron chi connectivity index (χ0n) is 13.5. The lowest BCUT2D eigenvalue weighted by Gasteiger charge is -2.35. The van der Waals surface area contributed by atoms with Crippen molar-refractivity contribution in [3.63, 3.8) is 0 Å². The molecule has 1 aliphatic rings. The van der Waals surface area contributed by atoms with E-state index >= 15 is 0 Å². The highest BCUT2D eigenvalue weighted by molar-refractivity contribution is 6.42. The summed E-state index contributed by atoms with van der Waals surface area (Å²) in [6, 6.07) is 1.18. The van der Waals surface area contributed by atoms with Gasteiger partial charge >= 0.3 is 6.03 Å². The Morgan fingerprint density at radius 1 is 1.12 bits per heavy atom. The fraction of sp³-hybridized carbons (Fsp3) is 0.267. The van der Waals surface area contributed by atoms with Gasteiger partial charge in [-0.25, -0.2) is 9.78 Å². The van der Waals surface area contributed by atoms with Gasteiger partial charge in [-0.15, -0.1) is 0 Å². The minimum atomic E-state index is -0.374. The number of nitrogens with zero attached hydrogens (tertiary/aromatic N) is 4. The number of carbonyl (C=O) groups excluding carboxylic acids is 1. The first-order valence-corrected chi connectivity index (χ1v) is 8.19. The second-order valence-electron chi connectivity index (χ2n) is 5.17. The molecule has 25 heavy (non-hydrogen) atoms. The van der Waals surface area contributed by atoms with Crippen LogP contribution in [-0.4, -0.2) is 37.3 Å². The smallest absolute Gasteiger partial charge is 0.330 e. The molecular weight excluding hydrogens is 391 g/mol. The van der Waals surface area contributed by atoms with Crippen molar-refractivity contribution in [1.29, 1.82) is 0 Å². The molecule has 132 valence electrons. The number of methoxy groups -OCH3 is 2. The van der Waals surface area contributed by atoms with Crippen LogP contribution >= 0.6 is 34.8 Å². The predicted octanol–water partition coefficient (Wildman–Crippen LogP) is 4.03. The summed E-state index contributed by atoms with van der Waals surface area (Å²) in [4.78, 5) is 23.7. The molecule has 1 aromatic carbocycles. The first-order chi connectivity index (χ1) is 11.9. The molecule has 0 saturated carbocycles. The van der Waals surface area contributed by atoms with Crippen LogP contribution in [0.25, 0.3) is 0 Å². The van der Waals surface area contributed by atoms with Crippen molar-refractivity contribution in [3.05, 3.63) is 33.2 Å². The molecule has 10 heteroatoms. The maximum atomic E-state index is 12.9. The molecule has 2 heterocycles. The molecule has 7 nitrogen and oxygen atoms in total. The Morgan fingerprint density at radius 2 is 1.72 bits per heavy atom. The highest BCUT2D eigenvalue weighted by Crippen LogP contribution is 2.47. The highest BCUT2D eigenvalue weighted by atomic mass is 35.5. The largest absolute Gasteiger partial charge is 0.495 e. The topological polar surface area (TPSA) is 67.8 Å². The Balaban J connectivity index is 2.17. The van der Waals surface area contributed by atoms with Crippen LogP contribution in [0.15, 0.2) is 12.3 Å². The Hall–Kier alpha value is -1.96. The van der Waals surface area contributed by atoms with Crippen LogP contribution in [0.5, 0.6) is 11.5 Å². The van der Waals surface area contributed by atoms with Crippen molar-refractivity contribution in [3.8, 4) is 11.5 Å². The van der Waals surface area contributed by atoms with Gasteiger partial charge in [0.15, 0.2) is 0 Å². The summed E-state index contributed by atoms with van der Waals surface area (Å²) in [7, 11) is 4.51. The number of halogens is 3. The third-order valence-corrected chi connectivity index (χ3v) is 4.71. The third-order valence-electron chi connectivity index (χ3n) is 3.80. The van der Waals surface area contributed by atoms with E-state index in [0.29, 0.717) is 22.9 Å². The molecule has 1 aliphatic heterocycles. The molecule has 0 bridgehead atoms. The zero-order chi connectivity index (χ0) is 18.3. The van der Waals surface area contributed by atoms with Crippen LogP contribution in [0.2, 0.25) is 15.3 Å². The molecule has 0 spiro atoms. The van der Waals surface area contributed by atoms with E-state index < -0.39 is 0 Å². The number of carbonyl (C=O) groups is 1. The van der Waals surface area contributed by atoms with Crippen LogP contribution in [0.1, 0.15) is 5.56 Å². The second kappa shape index (κ2) is 6.74. The van der Waals surface area contributed by atoms with E-state index in [2.05, 4.69) is 9.97 Å². The van der Waals surface area contributed by atoms with Crippen molar-refractivity contribution in [2.45, 2.75) is 6.54 Å². The maximum Gasteiger partial charge on any atom is 0.330 e. The molecule has 0 aliphatic carbocycles. The van der Waals surface area contributed by atoms with E-state index in [1.54, 1.807) is 19.3 Å². The minimum absolute atomic E-state index is 0.0611. The summed E-state index contributed by atoms with van der Waals surface area (Å²) in [6.45, 7) is 0.172. The summed E-state index contributed by atoms with van der Waals surface area (Å²) in [5, 5.41) is 0.465. The number of hydrogen-bond donors (Lipinski definition) is 0. The van der Waals surface area contributed by atoms with Crippen LogP contribution in [0, 0.1) is 0 Å². The average molecular weight is 404 g/mol. The number of anilines is 2. The van der Waals surface area contributed by atoms with E-state index in [0.717, 1.165) is 0 Å². The molecule has 0 unspecified atom stereocenters. The van der Waals surface area contributed by atoms with Crippen molar-refractivity contribution >= 4 is 52.3 Å². The fourth-order valence-corrected chi connectivity index (χ4v) is 3.41. The van der Waals surface area contributed by atoms with E-state index in [1.165, 1.54) is 24.0 Å². The van der Waals surface area contributed by atoms with Crippen molar-refractivity contribution < 1.29 is 14.3 Å². The highest BCUT2D eigenvalue weighted by Gasteiger charge is 2.34. The molecule has 3 rings (SSSR count). The lowest BCUT2D eigenvalue weighted by molar-refractivity contribution is 0.251. The van der Waals surface area contributed by atoms with Crippen LogP contribution in [-0.2, 0) is 6.54 Å². The van der Waals surface area contributed by atoms with E-state index in [-0.39, 0.29) is 33.6 Å². The number of rotatable bonds is 3. The normalized spacial score (nSPS) is 13.8. The summed E-state index contributed by atoms with van der Waals surface area (Å²) in [6.07, 6.45) is 1.56. The molecule has 0 N–H and O–H groups in total. The van der Waals surface area contributed by atoms with Gasteiger partial charge < -0.3 is 9.47 Å². The number of urea groups is 1. The molecule has 0 saturated heterocycles. The van der Waals surface area contributed by atoms with E-state index in [4.69, 9.17) is 44.3 Å². The monoisotopic (exact) mass is 402 g/mol. The second-order valence-corrected chi connectivity index (χ2v) is 6.27. The minimum Gasteiger partial charge on any atom is -0.495 e. The lowest BCUT2D eigenvalue weighted by Crippen LogP contribution is -2.46. The van der Waals surface area contributed by atoms with Crippen molar-refractivity contribution in [2.24, 2.45) is 0 Å². The third kappa shape index (κ3) is 2.92. The summed E-state index contributed by atoms with van der Waals surface area (Å²) < 4.78 is 10.5. The number of fused-ring (bicyclic) bond motifs is 1. The first-order valence-electron chi connectivity index (χ1n) is 7.05. The van der Waals surface area contributed by atoms with Crippen molar-refractivity contribution in [1.82, 2.24) is 9.97 Å². The van der Waals surface area contributed by atoms with Crippen LogP contribution in [0.3, 0.4) is 0 Å². The Labute approximate surface area is 159 Å². The van der Waals surface area contributed by atoms with Crippen LogP contribution in [0.4, 0.5) is 16.3 Å². The fourth-order valence-electron chi connectivity index (χ4n) is 2.57. The lowest BCUT2D eigenvalue weighted by atomic mass is 10.2. The number of hydrogen-bond acceptors (Lipinski definition) is 5. The molecule has 2 amide bonds. The van der Waals surface area contributed by atoms with Crippen molar-refractivity contribution in [2.75, 3.05) is 31.1 Å². The molecule has 1 aromatic heterocycles. The molecule has 0 radical (unpaired) electrons. The molecule has 0 fully saturated rings. The Bertz CT molecular complexity index is 834. The SMILES string of the molecule is COc1cc(OC)c(Cl)c(N2Cc3cnc(Cl)nc3N(C)C2=O)c1Cl. The molecular formula is C15H13Cl3N4O3. The van der Waals surface area contributed by atoms with Gasteiger partial charge in [-0.2, -0.15) is 4.98 Å². The predicted molar refractivity (Wildman–Crippen MR) is 96.6 cm³/mol.